The fourth-order valence-corrected chi connectivity index (χ4v) is 1.12. The summed E-state index contributed by atoms with van der Waals surface area (Å²) >= 11 is 0. The van der Waals surface area contributed by atoms with Crippen LogP contribution in [0.1, 0.15) is 17.2 Å². The molecule has 1 rings (SSSR count). The van der Waals surface area contributed by atoms with Gasteiger partial charge in [0, 0.05) is 18.3 Å². The van der Waals surface area contributed by atoms with E-state index in [1.807, 2.05) is 6.07 Å². The fraction of sp³-hybridized carbons (Fsp3) is 0.222. The van der Waals surface area contributed by atoms with Gasteiger partial charge in [-0.15, -0.1) is 0 Å². The second-order valence-electron chi connectivity index (χ2n) is 2.80. The topological polar surface area (TPSA) is 102 Å². The Morgan fingerprint density at radius 1 is 1.46 bits per heavy atom. The summed E-state index contributed by atoms with van der Waals surface area (Å²) in [5.41, 5.74) is 18.4. The van der Waals surface area contributed by atoms with Gasteiger partial charge in [-0.2, -0.15) is 5.26 Å². The van der Waals surface area contributed by atoms with Crippen molar-refractivity contribution < 1.29 is 0 Å². The summed E-state index contributed by atoms with van der Waals surface area (Å²) in [4.78, 5) is 0. The summed E-state index contributed by atoms with van der Waals surface area (Å²) < 4.78 is 0. The molecule has 0 aliphatic rings. The van der Waals surface area contributed by atoms with Gasteiger partial charge in [-0.1, -0.05) is 6.07 Å². The SMILES string of the molecule is N#Cc1cc(N)ccc1[C@@H](N)CN. The summed E-state index contributed by atoms with van der Waals surface area (Å²) in [6.45, 7) is 0.318. The molecule has 0 bridgehead atoms. The number of benzene rings is 1. The van der Waals surface area contributed by atoms with Crippen LogP contribution in [0.4, 0.5) is 5.69 Å². The van der Waals surface area contributed by atoms with Crippen LogP contribution in [0.25, 0.3) is 0 Å². The molecule has 0 fully saturated rings. The van der Waals surface area contributed by atoms with Crippen molar-refractivity contribution in [2.24, 2.45) is 11.5 Å². The molecule has 0 unspecified atom stereocenters. The standard InChI is InChI=1S/C9H12N4/c10-4-6-3-7(12)1-2-8(6)9(13)5-11/h1-3,9H,5,11-13H2/t9-/m0/s1. The minimum atomic E-state index is -0.296. The Kier molecular flexibility index (Phi) is 2.85. The lowest BCUT2D eigenvalue weighted by atomic mass is 10.0. The number of nitrogens with two attached hydrogens (primary N) is 3. The maximum absolute atomic E-state index is 8.79. The molecule has 0 saturated carbocycles. The molecule has 6 N–H and O–H groups in total. The highest BCUT2D eigenvalue weighted by Crippen LogP contribution is 2.17. The van der Waals surface area contributed by atoms with E-state index in [0.717, 1.165) is 5.56 Å². The first-order chi connectivity index (χ1) is 6.19. The molecule has 0 amide bonds. The van der Waals surface area contributed by atoms with Crippen LogP contribution in [-0.2, 0) is 0 Å². The van der Waals surface area contributed by atoms with Crippen LogP contribution < -0.4 is 17.2 Å². The van der Waals surface area contributed by atoms with Crippen molar-refractivity contribution in [2.45, 2.75) is 6.04 Å². The quantitative estimate of drug-likeness (QED) is 0.556. The van der Waals surface area contributed by atoms with E-state index in [0.29, 0.717) is 17.8 Å². The third-order valence-electron chi connectivity index (χ3n) is 1.85. The largest absolute Gasteiger partial charge is 0.399 e. The molecule has 1 aromatic rings. The third-order valence-corrected chi connectivity index (χ3v) is 1.85. The zero-order chi connectivity index (χ0) is 9.84. The maximum atomic E-state index is 8.79. The van der Waals surface area contributed by atoms with Crippen molar-refractivity contribution in [3.8, 4) is 6.07 Å². The molecule has 0 heterocycles. The number of rotatable bonds is 2. The first kappa shape index (κ1) is 9.52. The van der Waals surface area contributed by atoms with Gasteiger partial charge in [-0.25, -0.2) is 0 Å². The molecule has 0 aliphatic heterocycles. The summed E-state index contributed by atoms with van der Waals surface area (Å²) in [5.74, 6) is 0. The highest BCUT2D eigenvalue weighted by atomic mass is 14.7. The van der Waals surface area contributed by atoms with Gasteiger partial charge >= 0.3 is 0 Å². The summed E-state index contributed by atoms with van der Waals surface area (Å²) in [6, 6.07) is 6.80. The summed E-state index contributed by atoms with van der Waals surface area (Å²) in [5, 5.41) is 8.79. The molecule has 68 valence electrons. The van der Waals surface area contributed by atoms with Crippen LogP contribution in [0.2, 0.25) is 0 Å². The van der Waals surface area contributed by atoms with Crippen molar-refractivity contribution in [3.05, 3.63) is 29.3 Å². The van der Waals surface area contributed by atoms with E-state index in [1.54, 1.807) is 18.2 Å². The van der Waals surface area contributed by atoms with E-state index in [1.165, 1.54) is 0 Å². The number of hydrogen-bond acceptors (Lipinski definition) is 4. The molecule has 0 radical (unpaired) electrons. The monoisotopic (exact) mass is 176 g/mol. The molecule has 0 aliphatic carbocycles. The summed E-state index contributed by atoms with van der Waals surface area (Å²) in [7, 11) is 0. The maximum Gasteiger partial charge on any atom is 0.0995 e. The molecule has 4 nitrogen and oxygen atoms in total. The van der Waals surface area contributed by atoms with Gasteiger partial charge in [0.2, 0.25) is 0 Å². The Labute approximate surface area is 76.9 Å². The Morgan fingerprint density at radius 2 is 2.15 bits per heavy atom. The van der Waals surface area contributed by atoms with Gasteiger partial charge < -0.3 is 17.2 Å². The van der Waals surface area contributed by atoms with Crippen LogP contribution in [-0.4, -0.2) is 6.54 Å². The minimum absolute atomic E-state index is 0.296. The van der Waals surface area contributed by atoms with Crippen molar-refractivity contribution in [3.63, 3.8) is 0 Å². The van der Waals surface area contributed by atoms with E-state index in [2.05, 4.69) is 0 Å². The van der Waals surface area contributed by atoms with Crippen molar-refractivity contribution >= 4 is 5.69 Å². The van der Waals surface area contributed by atoms with Gasteiger partial charge in [0.15, 0.2) is 0 Å². The lowest BCUT2D eigenvalue weighted by Gasteiger charge is -2.10. The van der Waals surface area contributed by atoms with Crippen molar-refractivity contribution in [1.29, 1.82) is 5.26 Å². The molecule has 4 heteroatoms. The molecule has 1 atom stereocenters. The van der Waals surface area contributed by atoms with E-state index >= 15 is 0 Å². The van der Waals surface area contributed by atoms with E-state index in [-0.39, 0.29) is 6.04 Å². The van der Waals surface area contributed by atoms with Gasteiger partial charge in [0.05, 0.1) is 11.6 Å². The highest BCUT2D eigenvalue weighted by molar-refractivity contribution is 5.50. The third kappa shape index (κ3) is 1.96. The van der Waals surface area contributed by atoms with Crippen LogP contribution in [0.15, 0.2) is 18.2 Å². The van der Waals surface area contributed by atoms with Gasteiger partial charge in [-0.3, -0.25) is 0 Å². The molecular formula is C9H12N4. The first-order valence-electron chi connectivity index (χ1n) is 3.94. The van der Waals surface area contributed by atoms with Gasteiger partial charge in [-0.05, 0) is 17.7 Å². The predicted octanol–water partition coefficient (Wildman–Crippen LogP) is 0.0990. The number of hydrogen-bond donors (Lipinski definition) is 3. The zero-order valence-electron chi connectivity index (χ0n) is 7.20. The number of nitrogen functional groups attached to an aromatic ring is 1. The van der Waals surface area contributed by atoms with E-state index in [9.17, 15) is 0 Å². The van der Waals surface area contributed by atoms with E-state index in [4.69, 9.17) is 22.5 Å². The van der Waals surface area contributed by atoms with Gasteiger partial charge in [0.1, 0.15) is 0 Å². The number of nitriles is 1. The molecule has 0 saturated heterocycles. The Morgan fingerprint density at radius 3 is 2.69 bits per heavy atom. The number of nitrogens with zero attached hydrogens (tertiary/aromatic N) is 1. The molecule has 13 heavy (non-hydrogen) atoms. The molecular weight excluding hydrogens is 164 g/mol. The van der Waals surface area contributed by atoms with Crippen molar-refractivity contribution in [1.82, 2.24) is 0 Å². The van der Waals surface area contributed by atoms with Crippen LogP contribution in [0.5, 0.6) is 0 Å². The van der Waals surface area contributed by atoms with E-state index < -0.39 is 0 Å². The minimum Gasteiger partial charge on any atom is -0.399 e. The normalized spacial score (nSPS) is 12.1. The van der Waals surface area contributed by atoms with Crippen LogP contribution in [0.3, 0.4) is 0 Å². The average molecular weight is 176 g/mol. The Balaban J connectivity index is 3.15. The fourth-order valence-electron chi connectivity index (χ4n) is 1.12. The molecule has 0 spiro atoms. The highest BCUT2D eigenvalue weighted by Gasteiger charge is 2.08. The second-order valence-corrected chi connectivity index (χ2v) is 2.80. The van der Waals surface area contributed by atoms with Crippen molar-refractivity contribution in [2.75, 3.05) is 12.3 Å². The van der Waals surface area contributed by atoms with Crippen LogP contribution >= 0.6 is 0 Å². The molecule has 1 aromatic carbocycles. The summed E-state index contributed by atoms with van der Waals surface area (Å²) in [6.07, 6.45) is 0. The average Bonchev–Trinajstić information content (AvgIpc) is 2.16. The Hall–Kier alpha value is -1.57. The smallest absolute Gasteiger partial charge is 0.0995 e. The Bertz CT molecular complexity index is 340. The second kappa shape index (κ2) is 3.90. The lowest BCUT2D eigenvalue weighted by Crippen LogP contribution is -2.21. The lowest BCUT2D eigenvalue weighted by molar-refractivity contribution is 0.735. The zero-order valence-corrected chi connectivity index (χ0v) is 7.20. The van der Waals surface area contributed by atoms with Crippen LogP contribution in [0, 0.1) is 11.3 Å². The predicted molar refractivity (Wildman–Crippen MR) is 51.6 cm³/mol. The van der Waals surface area contributed by atoms with Gasteiger partial charge in [0.25, 0.3) is 0 Å². The molecule has 0 aromatic heterocycles. The number of anilines is 1. The first-order valence-corrected chi connectivity index (χ1v) is 3.94.